The number of methoxy groups -OCH3 is 1. The summed E-state index contributed by atoms with van der Waals surface area (Å²) in [5, 5.41) is 0. The Bertz CT molecular complexity index is 800. The van der Waals surface area contributed by atoms with E-state index in [1.165, 1.54) is 7.11 Å². The Morgan fingerprint density at radius 3 is 2.31 bits per heavy atom. The second-order valence-corrected chi connectivity index (χ2v) is 7.27. The summed E-state index contributed by atoms with van der Waals surface area (Å²) < 4.78 is 10.3. The molecule has 0 N–H and O–H groups in total. The minimum Gasteiger partial charge on any atom is -0.465 e. The summed E-state index contributed by atoms with van der Waals surface area (Å²) in [6.07, 6.45) is 0.845. The largest absolute Gasteiger partial charge is 0.465 e. The van der Waals surface area contributed by atoms with Gasteiger partial charge in [-0.25, -0.2) is 4.79 Å². The van der Waals surface area contributed by atoms with Crippen molar-refractivity contribution in [1.82, 2.24) is 0 Å². The predicted molar refractivity (Wildman–Crippen MR) is 102 cm³/mol. The highest BCUT2D eigenvalue weighted by Gasteiger charge is 2.18. The van der Waals surface area contributed by atoms with Crippen molar-refractivity contribution in [3.8, 4) is 11.1 Å². The van der Waals surface area contributed by atoms with Gasteiger partial charge in [-0.2, -0.15) is 0 Å². The van der Waals surface area contributed by atoms with Crippen LogP contribution in [-0.2, 0) is 20.7 Å². The molecule has 0 heterocycles. The van der Waals surface area contributed by atoms with Gasteiger partial charge in [0.25, 0.3) is 0 Å². The average Bonchev–Trinajstić information content (AvgIpc) is 2.58. The second kappa shape index (κ2) is 8.17. The summed E-state index contributed by atoms with van der Waals surface area (Å²) in [5.41, 5.74) is 3.87. The van der Waals surface area contributed by atoms with Gasteiger partial charge in [-0.3, -0.25) is 4.79 Å². The number of benzene rings is 2. The Kier molecular flexibility index (Phi) is 6.19. The second-order valence-electron chi connectivity index (χ2n) is 7.27. The van der Waals surface area contributed by atoms with E-state index in [9.17, 15) is 9.59 Å². The summed E-state index contributed by atoms with van der Waals surface area (Å²) >= 11 is 0. The average molecular weight is 354 g/mol. The van der Waals surface area contributed by atoms with Crippen molar-refractivity contribution in [2.24, 2.45) is 0 Å². The monoisotopic (exact) mass is 354 g/mol. The van der Waals surface area contributed by atoms with Crippen LogP contribution in [0.1, 0.15) is 48.7 Å². The lowest BCUT2D eigenvalue weighted by Gasteiger charge is -2.19. The molecule has 26 heavy (non-hydrogen) atoms. The lowest BCUT2D eigenvalue weighted by Crippen LogP contribution is -2.24. The number of ether oxygens (including phenoxy) is 2. The molecule has 0 aliphatic carbocycles. The van der Waals surface area contributed by atoms with Gasteiger partial charge in [0.2, 0.25) is 0 Å². The molecular formula is C22H26O4. The lowest BCUT2D eigenvalue weighted by molar-refractivity contribution is -0.154. The number of carbonyl (C=O) groups is 2. The Labute approximate surface area is 155 Å². The van der Waals surface area contributed by atoms with Crippen LogP contribution < -0.4 is 0 Å². The van der Waals surface area contributed by atoms with E-state index in [0.717, 1.165) is 22.3 Å². The van der Waals surface area contributed by atoms with E-state index in [-0.39, 0.29) is 11.9 Å². The van der Waals surface area contributed by atoms with Gasteiger partial charge >= 0.3 is 11.9 Å². The van der Waals surface area contributed by atoms with Crippen molar-refractivity contribution in [2.45, 2.75) is 46.1 Å². The maximum Gasteiger partial charge on any atom is 0.338 e. The first kappa shape index (κ1) is 19.7. The molecule has 2 aromatic carbocycles. The van der Waals surface area contributed by atoms with Crippen LogP contribution >= 0.6 is 0 Å². The third-order valence-corrected chi connectivity index (χ3v) is 3.96. The van der Waals surface area contributed by atoms with E-state index in [4.69, 9.17) is 9.47 Å². The fourth-order valence-electron chi connectivity index (χ4n) is 2.77. The normalized spacial score (nSPS) is 11.1. The third kappa shape index (κ3) is 5.19. The minimum absolute atomic E-state index is 0.230. The van der Waals surface area contributed by atoms with Crippen LogP contribution in [0.2, 0.25) is 0 Å². The first-order valence-corrected chi connectivity index (χ1v) is 8.70. The summed E-state index contributed by atoms with van der Waals surface area (Å²) in [5.74, 6) is -0.603. The third-order valence-electron chi connectivity index (χ3n) is 3.96. The molecule has 0 unspecified atom stereocenters. The molecule has 0 atom stereocenters. The van der Waals surface area contributed by atoms with Gasteiger partial charge in [0.1, 0.15) is 5.60 Å². The quantitative estimate of drug-likeness (QED) is 0.729. The summed E-state index contributed by atoms with van der Waals surface area (Å²) in [6.45, 7) is 7.56. The van der Waals surface area contributed by atoms with E-state index in [0.29, 0.717) is 18.4 Å². The summed E-state index contributed by atoms with van der Waals surface area (Å²) in [7, 11) is 1.38. The van der Waals surface area contributed by atoms with Gasteiger partial charge in [-0.05, 0) is 62.4 Å². The lowest BCUT2D eigenvalue weighted by atomic mass is 9.93. The molecule has 2 rings (SSSR count). The van der Waals surface area contributed by atoms with Gasteiger partial charge in [0.15, 0.2) is 0 Å². The van der Waals surface area contributed by atoms with Crippen molar-refractivity contribution in [2.75, 3.05) is 7.11 Å². The smallest absolute Gasteiger partial charge is 0.338 e. The first-order valence-electron chi connectivity index (χ1n) is 8.70. The van der Waals surface area contributed by atoms with Crippen LogP contribution in [0.5, 0.6) is 0 Å². The van der Waals surface area contributed by atoms with Crippen LogP contribution in [0.25, 0.3) is 11.1 Å². The van der Waals surface area contributed by atoms with Crippen LogP contribution in [0, 0.1) is 6.92 Å². The van der Waals surface area contributed by atoms with Gasteiger partial charge in [0, 0.05) is 6.42 Å². The van der Waals surface area contributed by atoms with Crippen LogP contribution in [0.4, 0.5) is 0 Å². The fraction of sp³-hybridized carbons (Fsp3) is 0.364. The molecule has 138 valence electrons. The number of aryl methyl sites for hydroxylation is 2. The Morgan fingerprint density at radius 2 is 1.69 bits per heavy atom. The summed E-state index contributed by atoms with van der Waals surface area (Å²) in [4.78, 5) is 24.1. The molecule has 0 bridgehead atoms. The van der Waals surface area contributed by atoms with Gasteiger partial charge in [-0.1, -0.05) is 36.4 Å². The number of rotatable bonds is 5. The predicted octanol–water partition coefficient (Wildman–Crippen LogP) is 4.72. The molecule has 0 radical (unpaired) electrons. The van der Waals surface area contributed by atoms with Gasteiger partial charge in [-0.15, -0.1) is 0 Å². The highest BCUT2D eigenvalue weighted by atomic mass is 16.6. The molecule has 4 heteroatoms. The van der Waals surface area contributed by atoms with Gasteiger partial charge in [0.05, 0.1) is 12.7 Å². The Balaban J connectivity index is 2.31. The van der Waals surface area contributed by atoms with Crippen LogP contribution in [-0.4, -0.2) is 24.6 Å². The standard InChI is InChI=1S/C22H26O4/c1-15-8-6-7-9-17(15)19-14-16(10-12-18(19)21(24)25-5)11-13-20(23)26-22(2,3)4/h6-10,12,14H,11,13H2,1-5H3. The number of hydrogen-bond acceptors (Lipinski definition) is 4. The van der Waals surface area contributed by atoms with E-state index in [1.54, 1.807) is 6.07 Å². The molecule has 0 spiro atoms. The molecule has 0 aromatic heterocycles. The Hall–Kier alpha value is -2.62. The van der Waals surface area contributed by atoms with Crippen LogP contribution in [0.15, 0.2) is 42.5 Å². The van der Waals surface area contributed by atoms with E-state index >= 15 is 0 Å². The molecule has 4 nitrogen and oxygen atoms in total. The van der Waals surface area contributed by atoms with E-state index in [2.05, 4.69) is 0 Å². The maximum absolute atomic E-state index is 12.2. The van der Waals surface area contributed by atoms with Gasteiger partial charge < -0.3 is 9.47 Å². The van der Waals surface area contributed by atoms with Crippen molar-refractivity contribution in [1.29, 1.82) is 0 Å². The van der Waals surface area contributed by atoms with Crippen molar-refractivity contribution in [3.63, 3.8) is 0 Å². The SMILES string of the molecule is COC(=O)c1ccc(CCC(=O)OC(C)(C)C)cc1-c1ccccc1C. The number of hydrogen-bond donors (Lipinski definition) is 0. The molecular weight excluding hydrogens is 328 g/mol. The molecule has 0 saturated carbocycles. The van der Waals surface area contributed by atoms with E-state index < -0.39 is 5.60 Å². The molecule has 0 aliphatic heterocycles. The van der Waals surface area contributed by atoms with Crippen molar-refractivity contribution < 1.29 is 19.1 Å². The first-order chi connectivity index (χ1) is 12.2. The van der Waals surface area contributed by atoms with E-state index in [1.807, 2.05) is 64.1 Å². The molecule has 0 amide bonds. The zero-order valence-corrected chi connectivity index (χ0v) is 16.1. The van der Waals surface area contributed by atoms with Crippen molar-refractivity contribution in [3.05, 3.63) is 59.2 Å². The highest BCUT2D eigenvalue weighted by molar-refractivity contribution is 5.97. The molecule has 0 aliphatic rings. The topological polar surface area (TPSA) is 52.6 Å². The minimum atomic E-state index is -0.488. The highest BCUT2D eigenvalue weighted by Crippen LogP contribution is 2.29. The fourth-order valence-corrected chi connectivity index (χ4v) is 2.77. The number of esters is 2. The van der Waals surface area contributed by atoms with Crippen LogP contribution in [0.3, 0.4) is 0 Å². The molecule has 0 fully saturated rings. The number of carbonyl (C=O) groups excluding carboxylic acids is 2. The molecule has 0 saturated heterocycles. The summed E-state index contributed by atoms with van der Waals surface area (Å²) in [6, 6.07) is 13.5. The van der Waals surface area contributed by atoms with Crippen molar-refractivity contribution >= 4 is 11.9 Å². The zero-order valence-electron chi connectivity index (χ0n) is 16.1. The Morgan fingerprint density at radius 1 is 1.00 bits per heavy atom. The maximum atomic E-state index is 12.2. The molecule has 2 aromatic rings. The zero-order chi connectivity index (χ0) is 19.3.